The molecular weight excluding hydrogens is 257 g/mol. The molecule has 0 saturated carbocycles. The van der Waals surface area contributed by atoms with Gasteiger partial charge in [0.05, 0.1) is 6.61 Å². The van der Waals surface area contributed by atoms with E-state index in [9.17, 15) is 22.8 Å². The van der Waals surface area contributed by atoms with Crippen LogP contribution in [0.5, 0.6) is 0 Å². The third-order valence-electron chi connectivity index (χ3n) is 1.93. The lowest BCUT2D eigenvalue weighted by Crippen LogP contribution is -2.51. The minimum atomic E-state index is -4.57. The minimum Gasteiger partial charge on any atom is -0.480 e. The van der Waals surface area contributed by atoms with Crippen molar-refractivity contribution < 1.29 is 33.0 Å². The molecule has 0 radical (unpaired) electrons. The normalized spacial score (nSPS) is 12.9. The van der Waals surface area contributed by atoms with Gasteiger partial charge in [-0.3, -0.25) is 0 Å². The smallest absolute Gasteiger partial charge is 0.406 e. The molecule has 0 heterocycles. The molecule has 0 rings (SSSR count). The highest BCUT2D eigenvalue weighted by atomic mass is 19.4. The van der Waals surface area contributed by atoms with Crippen LogP contribution in [0.3, 0.4) is 0 Å². The monoisotopic (exact) mass is 272 g/mol. The lowest BCUT2D eigenvalue weighted by molar-refractivity contribution is -0.141. The van der Waals surface area contributed by atoms with E-state index in [1.807, 2.05) is 5.32 Å². The molecule has 2 amide bonds. The quantitative estimate of drug-likeness (QED) is 0.653. The van der Waals surface area contributed by atoms with Crippen molar-refractivity contribution in [1.82, 2.24) is 10.2 Å². The molecule has 0 fully saturated rings. The number of carboxylic acids is 1. The Labute approximate surface area is 101 Å². The van der Waals surface area contributed by atoms with Crippen LogP contribution < -0.4 is 5.32 Å². The van der Waals surface area contributed by atoms with Gasteiger partial charge in [0.2, 0.25) is 0 Å². The first kappa shape index (κ1) is 16.5. The Morgan fingerprint density at radius 2 is 1.94 bits per heavy atom. The molecule has 0 bridgehead atoms. The summed E-state index contributed by atoms with van der Waals surface area (Å²) in [5.41, 5.74) is 0. The summed E-state index contributed by atoms with van der Waals surface area (Å²) >= 11 is 0. The molecule has 9 heteroatoms. The molecule has 0 aliphatic carbocycles. The van der Waals surface area contributed by atoms with Gasteiger partial charge in [0.25, 0.3) is 0 Å². The Morgan fingerprint density at radius 3 is 2.28 bits per heavy atom. The van der Waals surface area contributed by atoms with E-state index in [-0.39, 0.29) is 6.54 Å². The number of carbonyl (C=O) groups excluding carboxylic acids is 1. The van der Waals surface area contributed by atoms with E-state index >= 15 is 0 Å². The number of halogens is 3. The average molecular weight is 272 g/mol. The Kier molecular flexibility index (Phi) is 6.45. The summed E-state index contributed by atoms with van der Waals surface area (Å²) < 4.78 is 36.5. The van der Waals surface area contributed by atoms with E-state index in [0.717, 1.165) is 0 Å². The number of nitrogens with one attached hydrogen (secondary N) is 1. The van der Waals surface area contributed by atoms with Crippen LogP contribution in [0.1, 0.15) is 13.3 Å². The zero-order valence-corrected chi connectivity index (χ0v) is 9.70. The highest BCUT2D eigenvalue weighted by Gasteiger charge is 2.33. The van der Waals surface area contributed by atoms with Gasteiger partial charge in [0.15, 0.2) is 6.04 Å². The Hall–Kier alpha value is -1.51. The summed E-state index contributed by atoms with van der Waals surface area (Å²) in [6.45, 7) is -0.946. The molecule has 0 saturated heterocycles. The van der Waals surface area contributed by atoms with E-state index in [1.54, 1.807) is 6.92 Å². The number of hydrogen-bond acceptors (Lipinski definition) is 3. The van der Waals surface area contributed by atoms with Gasteiger partial charge >= 0.3 is 18.2 Å². The van der Waals surface area contributed by atoms with Crippen molar-refractivity contribution in [2.75, 3.05) is 19.7 Å². The molecule has 1 atom stereocenters. The fourth-order valence-corrected chi connectivity index (χ4v) is 1.16. The highest BCUT2D eigenvalue weighted by molar-refractivity contribution is 5.82. The average Bonchev–Trinajstić information content (AvgIpc) is 2.22. The number of alkyl halides is 3. The number of urea groups is 1. The van der Waals surface area contributed by atoms with Gasteiger partial charge < -0.3 is 20.4 Å². The van der Waals surface area contributed by atoms with Crippen molar-refractivity contribution in [2.45, 2.75) is 25.6 Å². The second-order valence-corrected chi connectivity index (χ2v) is 3.56. The Bertz CT molecular complexity index is 296. The number of amides is 2. The van der Waals surface area contributed by atoms with Gasteiger partial charge in [-0.15, -0.1) is 0 Å². The largest absolute Gasteiger partial charge is 0.480 e. The van der Waals surface area contributed by atoms with Crippen molar-refractivity contribution in [3.05, 3.63) is 0 Å². The van der Waals surface area contributed by atoms with Crippen molar-refractivity contribution in [2.24, 2.45) is 0 Å². The summed E-state index contributed by atoms with van der Waals surface area (Å²) in [5.74, 6) is -1.52. The van der Waals surface area contributed by atoms with Crippen LogP contribution in [-0.2, 0) is 4.79 Å². The van der Waals surface area contributed by atoms with Crippen LogP contribution in [0, 0.1) is 0 Å². The van der Waals surface area contributed by atoms with Crippen LogP contribution in [0.4, 0.5) is 18.0 Å². The summed E-state index contributed by atoms with van der Waals surface area (Å²) in [4.78, 5) is 22.4. The molecule has 0 aromatic heterocycles. The van der Waals surface area contributed by atoms with Crippen LogP contribution in [-0.4, -0.2) is 59.0 Å². The summed E-state index contributed by atoms with van der Waals surface area (Å²) in [7, 11) is 0. The van der Waals surface area contributed by atoms with Gasteiger partial charge in [-0.1, -0.05) is 6.92 Å². The van der Waals surface area contributed by atoms with Crippen molar-refractivity contribution in [1.29, 1.82) is 0 Å². The standard InChI is InChI=1S/C9H15F3N2O4/c1-2-3-14(5-9(10,11)12)8(18)13-6(4-15)7(16)17/h6,15H,2-5H2,1H3,(H,13,18)(H,16,17). The van der Waals surface area contributed by atoms with Gasteiger partial charge in [0.1, 0.15) is 6.54 Å². The highest BCUT2D eigenvalue weighted by Crippen LogP contribution is 2.16. The Morgan fingerprint density at radius 1 is 1.39 bits per heavy atom. The van der Waals surface area contributed by atoms with E-state index < -0.39 is 37.4 Å². The maximum atomic E-state index is 12.2. The molecular formula is C9H15F3N2O4. The van der Waals surface area contributed by atoms with E-state index in [0.29, 0.717) is 11.3 Å². The number of carboxylic acid groups (broad SMARTS) is 1. The fraction of sp³-hybridized carbons (Fsp3) is 0.778. The first-order valence-electron chi connectivity index (χ1n) is 5.17. The molecule has 18 heavy (non-hydrogen) atoms. The van der Waals surface area contributed by atoms with E-state index in [2.05, 4.69) is 0 Å². The third-order valence-corrected chi connectivity index (χ3v) is 1.93. The van der Waals surface area contributed by atoms with Crippen LogP contribution in [0.15, 0.2) is 0 Å². The van der Waals surface area contributed by atoms with Crippen molar-refractivity contribution >= 4 is 12.0 Å². The van der Waals surface area contributed by atoms with Crippen LogP contribution >= 0.6 is 0 Å². The first-order chi connectivity index (χ1) is 8.21. The second kappa shape index (κ2) is 7.04. The predicted molar refractivity (Wildman–Crippen MR) is 55.0 cm³/mol. The number of hydrogen-bond donors (Lipinski definition) is 3. The number of aliphatic hydroxyl groups is 1. The van der Waals surface area contributed by atoms with Crippen molar-refractivity contribution in [3.8, 4) is 0 Å². The second-order valence-electron chi connectivity index (χ2n) is 3.56. The Balaban J connectivity index is 4.61. The topological polar surface area (TPSA) is 89.9 Å². The number of aliphatic carboxylic acids is 1. The molecule has 106 valence electrons. The molecule has 0 aromatic rings. The zero-order valence-electron chi connectivity index (χ0n) is 9.70. The van der Waals surface area contributed by atoms with Crippen LogP contribution in [0.2, 0.25) is 0 Å². The number of rotatable bonds is 6. The van der Waals surface area contributed by atoms with Gasteiger partial charge in [-0.25, -0.2) is 9.59 Å². The van der Waals surface area contributed by atoms with Gasteiger partial charge in [0, 0.05) is 6.54 Å². The molecule has 0 aromatic carbocycles. The molecule has 0 aliphatic heterocycles. The predicted octanol–water partition coefficient (Wildman–Crippen LogP) is 0.416. The number of nitrogens with zero attached hydrogens (tertiary/aromatic N) is 1. The summed E-state index contributed by atoms with van der Waals surface area (Å²) in [5, 5.41) is 19.0. The first-order valence-corrected chi connectivity index (χ1v) is 5.17. The van der Waals surface area contributed by atoms with E-state index in [4.69, 9.17) is 10.2 Å². The zero-order chi connectivity index (χ0) is 14.3. The summed E-state index contributed by atoms with van der Waals surface area (Å²) in [6, 6.07) is -2.79. The number of carbonyl (C=O) groups is 2. The van der Waals surface area contributed by atoms with Crippen LogP contribution in [0.25, 0.3) is 0 Å². The molecule has 1 unspecified atom stereocenters. The molecule has 3 N–H and O–H groups in total. The fourth-order valence-electron chi connectivity index (χ4n) is 1.16. The van der Waals surface area contributed by atoms with Gasteiger partial charge in [-0.05, 0) is 6.42 Å². The molecule has 0 aliphatic rings. The maximum Gasteiger partial charge on any atom is 0.406 e. The van der Waals surface area contributed by atoms with Gasteiger partial charge in [-0.2, -0.15) is 13.2 Å². The molecule has 0 spiro atoms. The lowest BCUT2D eigenvalue weighted by Gasteiger charge is -2.25. The number of aliphatic hydroxyl groups excluding tert-OH is 1. The van der Waals surface area contributed by atoms with Crippen molar-refractivity contribution in [3.63, 3.8) is 0 Å². The lowest BCUT2D eigenvalue weighted by atomic mass is 10.3. The molecule has 6 nitrogen and oxygen atoms in total. The SMILES string of the molecule is CCCN(CC(F)(F)F)C(=O)NC(CO)C(=O)O. The minimum absolute atomic E-state index is 0.164. The summed E-state index contributed by atoms with van der Waals surface area (Å²) in [6.07, 6.45) is -4.27. The van der Waals surface area contributed by atoms with E-state index in [1.165, 1.54) is 0 Å². The maximum absolute atomic E-state index is 12.2. The third kappa shape index (κ3) is 6.28.